The first-order chi connectivity index (χ1) is 11.6. The molecule has 2 aliphatic rings. The van der Waals surface area contributed by atoms with Crippen molar-refractivity contribution < 1.29 is 40.0 Å². The second-order valence-electron chi connectivity index (χ2n) is 5.65. The quantitative estimate of drug-likeness (QED) is 0.587. The predicted molar refractivity (Wildman–Crippen MR) is 78.2 cm³/mol. The van der Waals surface area contributed by atoms with Gasteiger partial charge in [0.15, 0.2) is 0 Å². The van der Waals surface area contributed by atoms with Gasteiger partial charge in [-0.3, -0.25) is 4.90 Å². The van der Waals surface area contributed by atoms with Gasteiger partial charge in [0.2, 0.25) is 0 Å². The Morgan fingerprint density at radius 2 is 2.04 bits per heavy atom. The summed E-state index contributed by atoms with van der Waals surface area (Å²) in [5.74, 6) is -2.41. The number of carbonyl (C=O) groups is 1. The Kier molecular flexibility index (Phi) is 4.20. The molecule has 2 heterocycles. The van der Waals surface area contributed by atoms with Crippen LogP contribution < -0.4 is 4.90 Å². The summed E-state index contributed by atoms with van der Waals surface area (Å²) in [4.78, 5) is 13.4. The number of fused-ring (bicyclic) bond motifs is 3. The minimum Gasteiger partial charge on any atom is -0.410 e. The van der Waals surface area contributed by atoms with Crippen LogP contribution in [0.15, 0.2) is 24.3 Å². The van der Waals surface area contributed by atoms with E-state index in [2.05, 4.69) is 4.18 Å². The van der Waals surface area contributed by atoms with Gasteiger partial charge in [-0.15, -0.1) is 0 Å². The van der Waals surface area contributed by atoms with Gasteiger partial charge in [0, 0.05) is 7.11 Å². The van der Waals surface area contributed by atoms with Crippen LogP contribution in [-0.4, -0.2) is 45.6 Å². The van der Waals surface area contributed by atoms with Crippen LogP contribution in [0.2, 0.25) is 0 Å². The van der Waals surface area contributed by atoms with E-state index in [1.807, 2.05) is 0 Å². The highest BCUT2D eigenvalue weighted by molar-refractivity contribution is 7.87. The third-order valence-corrected chi connectivity index (χ3v) is 5.16. The van der Waals surface area contributed by atoms with Crippen LogP contribution in [-0.2, 0) is 30.2 Å². The van der Waals surface area contributed by atoms with Crippen molar-refractivity contribution in [3.05, 3.63) is 29.8 Å². The van der Waals surface area contributed by atoms with Crippen LogP contribution in [0.1, 0.15) is 12.0 Å². The molecule has 1 amide bonds. The first kappa shape index (κ1) is 18.0. The van der Waals surface area contributed by atoms with Crippen LogP contribution >= 0.6 is 0 Å². The summed E-state index contributed by atoms with van der Waals surface area (Å²) in [6.07, 6.45) is -0.430. The highest BCUT2D eigenvalue weighted by Gasteiger charge is 2.63. The summed E-state index contributed by atoms with van der Waals surface area (Å²) in [6.45, 7) is -0.669. The average Bonchev–Trinajstić information content (AvgIpc) is 2.78. The topological polar surface area (TPSA) is 82.1 Å². The summed E-state index contributed by atoms with van der Waals surface area (Å²) in [7, 11) is -4.86. The molecule has 1 aromatic rings. The van der Waals surface area contributed by atoms with Crippen LogP contribution in [0, 0.1) is 0 Å². The molecule has 2 aliphatic heterocycles. The van der Waals surface area contributed by atoms with E-state index in [4.69, 9.17) is 9.47 Å². The van der Waals surface area contributed by atoms with Crippen molar-refractivity contribution in [3.63, 3.8) is 0 Å². The SMILES string of the molecule is COCC1(OS(=O)(=O)C(F)(F)F)OC(=O)N2c3ccccc3CCC21. The van der Waals surface area contributed by atoms with Crippen molar-refractivity contribution in [1.29, 1.82) is 0 Å². The third-order valence-electron chi connectivity index (χ3n) is 4.09. The van der Waals surface area contributed by atoms with Crippen molar-refractivity contribution in [2.45, 2.75) is 30.2 Å². The molecule has 1 aromatic carbocycles. The van der Waals surface area contributed by atoms with E-state index in [-0.39, 0.29) is 6.42 Å². The monoisotopic (exact) mass is 381 g/mol. The van der Waals surface area contributed by atoms with Crippen LogP contribution in [0.4, 0.5) is 23.7 Å². The number of hydrogen-bond acceptors (Lipinski definition) is 6. The first-order valence-corrected chi connectivity index (χ1v) is 8.63. The van der Waals surface area contributed by atoms with Gasteiger partial charge in [-0.2, -0.15) is 21.6 Å². The van der Waals surface area contributed by atoms with Gasteiger partial charge in [0.1, 0.15) is 12.6 Å². The standard InChI is InChI=1S/C14H14F3NO6S/c1-22-8-13(24-25(20,21)14(15,16)17)11-7-6-9-4-2-3-5-10(9)18(11)12(19)23-13/h2-5,11H,6-8H2,1H3. The summed E-state index contributed by atoms with van der Waals surface area (Å²) in [5.41, 5.74) is -4.42. The molecular formula is C14H14F3NO6S. The van der Waals surface area contributed by atoms with Crippen molar-refractivity contribution in [3.8, 4) is 0 Å². The molecule has 0 saturated carbocycles. The number of amides is 1. The maximum Gasteiger partial charge on any atom is 0.523 e. The molecule has 0 aliphatic carbocycles. The van der Waals surface area contributed by atoms with Crippen LogP contribution in [0.25, 0.3) is 0 Å². The normalized spacial score (nSPS) is 26.2. The van der Waals surface area contributed by atoms with Gasteiger partial charge in [-0.25, -0.2) is 8.98 Å². The second-order valence-corrected chi connectivity index (χ2v) is 7.19. The number of hydrogen-bond donors (Lipinski definition) is 0. The zero-order valence-corrected chi connectivity index (χ0v) is 13.8. The number of para-hydroxylation sites is 1. The molecule has 138 valence electrons. The summed E-state index contributed by atoms with van der Waals surface area (Å²) >= 11 is 0. The Balaban J connectivity index is 2.04. The molecule has 0 bridgehead atoms. The predicted octanol–water partition coefficient (Wildman–Crippen LogP) is 2.17. The highest BCUT2D eigenvalue weighted by Crippen LogP contribution is 2.44. The molecule has 1 fully saturated rings. The largest absolute Gasteiger partial charge is 0.523 e. The number of anilines is 1. The molecule has 2 unspecified atom stereocenters. The number of aryl methyl sites for hydroxylation is 1. The molecular weight excluding hydrogens is 367 g/mol. The molecule has 0 spiro atoms. The number of benzene rings is 1. The van der Waals surface area contributed by atoms with Gasteiger partial charge in [0.25, 0.3) is 5.79 Å². The Labute approximate surface area is 141 Å². The van der Waals surface area contributed by atoms with Crippen LogP contribution in [0.5, 0.6) is 0 Å². The lowest BCUT2D eigenvalue weighted by molar-refractivity contribution is -0.171. The van der Waals surface area contributed by atoms with E-state index in [1.54, 1.807) is 24.3 Å². The zero-order valence-electron chi connectivity index (χ0n) is 12.9. The fraction of sp³-hybridized carbons (Fsp3) is 0.500. The molecule has 2 atom stereocenters. The van der Waals surface area contributed by atoms with E-state index >= 15 is 0 Å². The molecule has 3 rings (SSSR count). The number of methoxy groups -OCH3 is 1. The molecule has 0 aromatic heterocycles. The molecule has 1 saturated heterocycles. The van der Waals surface area contributed by atoms with Crippen LogP contribution in [0.3, 0.4) is 0 Å². The fourth-order valence-corrected chi connectivity index (χ4v) is 3.77. The summed E-state index contributed by atoms with van der Waals surface area (Å²) in [6, 6.07) is 5.70. The number of cyclic esters (lactones) is 1. The maximum atomic E-state index is 12.7. The minimum atomic E-state index is -6.00. The number of carbonyl (C=O) groups excluding carboxylic acids is 1. The van der Waals surface area contributed by atoms with Gasteiger partial charge >= 0.3 is 21.7 Å². The van der Waals surface area contributed by atoms with E-state index in [0.717, 1.165) is 17.6 Å². The zero-order chi connectivity index (χ0) is 18.5. The van der Waals surface area contributed by atoms with Crippen molar-refractivity contribution >= 4 is 21.9 Å². The summed E-state index contributed by atoms with van der Waals surface area (Å²) < 4.78 is 75.4. The molecule has 25 heavy (non-hydrogen) atoms. The highest BCUT2D eigenvalue weighted by atomic mass is 32.2. The molecule has 7 nitrogen and oxygen atoms in total. The molecule has 0 radical (unpaired) electrons. The van der Waals surface area contributed by atoms with Crippen molar-refractivity contribution in [1.82, 2.24) is 0 Å². The van der Waals surface area contributed by atoms with E-state index in [0.29, 0.717) is 12.1 Å². The molecule has 11 heteroatoms. The Morgan fingerprint density at radius 1 is 1.36 bits per heavy atom. The third kappa shape index (κ3) is 2.85. The second kappa shape index (κ2) is 5.85. The van der Waals surface area contributed by atoms with Crippen molar-refractivity contribution in [2.75, 3.05) is 18.6 Å². The Hall–Kier alpha value is -1.85. The number of alkyl halides is 3. The lowest BCUT2D eigenvalue weighted by atomic mass is 9.92. The fourth-order valence-electron chi connectivity index (χ4n) is 3.11. The van der Waals surface area contributed by atoms with E-state index < -0.39 is 40.2 Å². The lowest BCUT2D eigenvalue weighted by Gasteiger charge is -2.36. The van der Waals surface area contributed by atoms with E-state index in [1.165, 1.54) is 0 Å². The number of rotatable bonds is 4. The number of nitrogens with zero attached hydrogens (tertiary/aromatic N) is 1. The van der Waals surface area contributed by atoms with E-state index in [9.17, 15) is 26.4 Å². The van der Waals surface area contributed by atoms with Gasteiger partial charge in [-0.05, 0) is 24.5 Å². The maximum absolute atomic E-state index is 12.7. The lowest BCUT2D eigenvalue weighted by Crippen LogP contribution is -2.54. The average molecular weight is 381 g/mol. The Morgan fingerprint density at radius 3 is 2.68 bits per heavy atom. The number of ether oxygens (including phenoxy) is 2. The number of halogens is 3. The Bertz CT molecular complexity index is 796. The first-order valence-electron chi connectivity index (χ1n) is 7.22. The van der Waals surface area contributed by atoms with Crippen molar-refractivity contribution in [2.24, 2.45) is 0 Å². The van der Waals surface area contributed by atoms with Gasteiger partial charge in [-0.1, -0.05) is 18.2 Å². The smallest absolute Gasteiger partial charge is 0.410 e. The summed E-state index contributed by atoms with van der Waals surface area (Å²) in [5, 5.41) is 0. The van der Waals surface area contributed by atoms with Gasteiger partial charge in [0.05, 0.1) is 5.69 Å². The minimum absolute atomic E-state index is 0.152. The van der Waals surface area contributed by atoms with Gasteiger partial charge < -0.3 is 9.47 Å². The molecule has 0 N–H and O–H groups in total.